The minimum absolute atomic E-state index is 0.0244. The quantitative estimate of drug-likeness (QED) is 0.456. The molecule has 1 saturated carbocycles. The van der Waals surface area contributed by atoms with E-state index in [2.05, 4.69) is 20.9 Å². The van der Waals surface area contributed by atoms with Gasteiger partial charge in [0.2, 0.25) is 0 Å². The van der Waals surface area contributed by atoms with E-state index in [4.69, 9.17) is 17.0 Å². The summed E-state index contributed by atoms with van der Waals surface area (Å²) >= 11 is 5.66. The number of carbonyl (C=O) groups is 1. The van der Waals surface area contributed by atoms with Crippen LogP contribution >= 0.6 is 12.2 Å². The second kappa shape index (κ2) is 10.5. The van der Waals surface area contributed by atoms with E-state index in [9.17, 15) is 4.79 Å². The molecule has 3 aliphatic rings. The monoisotopic (exact) mass is 396 g/mol. The van der Waals surface area contributed by atoms with Crippen LogP contribution in [0.4, 0.5) is 4.79 Å². The SMILES string of the molecule is CCOCCCNC(=S)N1[C@H]2CC[C@H]1CC(NC(=O)NC1CCCCC1)C2. The van der Waals surface area contributed by atoms with Gasteiger partial charge in [-0.05, 0) is 64.1 Å². The van der Waals surface area contributed by atoms with Gasteiger partial charge in [0.15, 0.2) is 5.11 Å². The number of nitrogens with zero attached hydrogens (tertiary/aromatic N) is 1. The number of ether oxygens (including phenoxy) is 1. The molecule has 154 valence electrons. The Balaban J connectivity index is 1.40. The Hall–Kier alpha value is -1.08. The van der Waals surface area contributed by atoms with Gasteiger partial charge in [0.1, 0.15) is 0 Å². The molecule has 2 atom stereocenters. The van der Waals surface area contributed by atoms with Crippen molar-refractivity contribution in [2.24, 2.45) is 0 Å². The number of carbonyl (C=O) groups excluding carboxylic acids is 1. The lowest BCUT2D eigenvalue weighted by Crippen LogP contribution is -2.56. The van der Waals surface area contributed by atoms with Crippen LogP contribution in [0.2, 0.25) is 0 Å². The first-order chi connectivity index (χ1) is 13.2. The number of rotatable bonds is 7. The standard InChI is InChI=1S/C20H36N4O2S/c1-2-26-12-6-11-21-20(27)24-17-9-10-18(24)14-16(13-17)23-19(25)22-15-7-4-3-5-8-15/h15-18H,2-14H2,1H3,(H,21,27)(H2,22,23,25)/t17-,18-/m0/s1. The average Bonchev–Trinajstić information content (AvgIpc) is 2.93. The lowest BCUT2D eigenvalue weighted by molar-refractivity contribution is 0.145. The number of fused-ring (bicyclic) bond motifs is 2. The fourth-order valence-corrected chi connectivity index (χ4v) is 5.29. The number of nitrogens with one attached hydrogen (secondary N) is 3. The molecule has 27 heavy (non-hydrogen) atoms. The van der Waals surface area contributed by atoms with Gasteiger partial charge in [0.25, 0.3) is 0 Å². The fraction of sp³-hybridized carbons (Fsp3) is 0.900. The molecular weight excluding hydrogens is 360 g/mol. The van der Waals surface area contributed by atoms with Gasteiger partial charge in [-0.15, -0.1) is 0 Å². The molecule has 2 saturated heterocycles. The molecule has 3 fully saturated rings. The van der Waals surface area contributed by atoms with E-state index in [1.165, 1.54) is 32.1 Å². The van der Waals surface area contributed by atoms with Gasteiger partial charge in [0.05, 0.1) is 0 Å². The highest BCUT2D eigenvalue weighted by Crippen LogP contribution is 2.35. The Labute approximate surface area is 169 Å². The molecule has 0 aromatic carbocycles. The molecule has 0 spiro atoms. The minimum Gasteiger partial charge on any atom is -0.382 e. The molecule has 6 nitrogen and oxygen atoms in total. The number of hydrogen-bond acceptors (Lipinski definition) is 3. The lowest BCUT2D eigenvalue weighted by atomic mass is 9.95. The third-order valence-corrected chi connectivity index (χ3v) is 6.54. The molecule has 0 radical (unpaired) electrons. The third-order valence-electron chi connectivity index (χ3n) is 6.19. The van der Waals surface area contributed by atoms with Crippen molar-refractivity contribution in [2.45, 2.75) is 95.3 Å². The predicted octanol–water partition coefficient (Wildman–Crippen LogP) is 2.91. The van der Waals surface area contributed by atoms with E-state index in [1.807, 2.05) is 6.92 Å². The van der Waals surface area contributed by atoms with Crippen LogP contribution in [0.15, 0.2) is 0 Å². The van der Waals surface area contributed by atoms with Crippen molar-refractivity contribution in [3.8, 4) is 0 Å². The normalized spacial score (nSPS) is 28.0. The second-order valence-electron chi connectivity index (χ2n) is 8.20. The van der Waals surface area contributed by atoms with Crippen LogP contribution in [0.3, 0.4) is 0 Å². The second-order valence-corrected chi connectivity index (χ2v) is 8.58. The van der Waals surface area contributed by atoms with E-state index < -0.39 is 0 Å². The topological polar surface area (TPSA) is 65.6 Å². The van der Waals surface area contributed by atoms with E-state index in [0.29, 0.717) is 18.1 Å². The van der Waals surface area contributed by atoms with Gasteiger partial charge < -0.3 is 25.6 Å². The third kappa shape index (κ3) is 5.95. The van der Waals surface area contributed by atoms with Crippen LogP contribution in [-0.4, -0.2) is 60.0 Å². The molecule has 0 unspecified atom stereocenters. The van der Waals surface area contributed by atoms with Crippen molar-refractivity contribution in [3.05, 3.63) is 0 Å². The predicted molar refractivity (Wildman–Crippen MR) is 112 cm³/mol. The molecular formula is C20H36N4O2S. The van der Waals surface area contributed by atoms with Crippen molar-refractivity contribution in [1.82, 2.24) is 20.9 Å². The zero-order chi connectivity index (χ0) is 19.1. The first-order valence-electron chi connectivity index (χ1n) is 10.9. The van der Waals surface area contributed by atoms with Crippen LogP contribution in [0.5, 0.6) is 0 Å². The summed E-state index contributed by atoms with van der Waals surface area (Å²) in [5.41, 5.74) is 0. The van der Waals surface area contributed by atoms with E-state index >= 15 is 0 Å². The summed E-state index contributed by atoms with van der Waals surface area (Å²) in [4.78, 5) is 14.8. The maximum atomic E-state index is 12.4. The smallest absolute Gasteiger partial charge is 0.315 e. The highest BCUT2D eigenvalue weighted by atomic mass is 32.1. The van der Waals surface area contributed by atoms with Crippen molar-refractivity contribution >= 4 is 23.4 Å². The van der Waals surface area contributed by atoms with Crippen LogP contribution in [0.25, 0.3) is 0 Å². The summed E-state index contributed by atoms with van der Waals surface area (Å²) in [6.45, 7) is 4.42. The zero-order valence-corrected chi connectivity index (χ0v) is 17.5. The Kier molecular flexibility index (Phi) is 8.00. The molecule has 0 aromatic rings. The molecule has 2 amide bonds. The molecule has 3 N–H and O–H groups in total. The first-order valence-corrected chi connectivity index (χ1v) is 11.3. The largest absolute Gasteiger partial charge is 0.382 e. The van der Waals surface area contributed by atoms with Gasteiger partial charge in [-0.25, -0.2) is 4.79 Å². The highest BCUT2D eigenvalue weighted by Gasteiger charge is 2.42. The maximum Gasteiger partial charge on any atom is 0.315 e. The van der Waals surface area contributed by atoms with Crippen LogP contribution in [0.1, 0.15) is 71.1 Å². The van der Waals surface area contributed by atoms with E-state index in [0.717, 1.165) is 57.0 Å². The Morgan fingerprint density at radius 3 is 2.37 bits per heavy atom. The highest BCUT2D eigenvalue weighted by molar-refractivity contribution is 7.80. The number of urea groups is 1. The number of amides is 2. The Morgan fingerprint density at radius 2 is 1.70 bits per heavy atom. The zero-order valence-electron chi connectivity index (χ0n) is 16.7. The van der Waals surface area contributed by atoms with Gasteiger partial charge in [-0.1, -0.05) is 19.3 Å². The maximum absolute atomic E-state index is 12.4. The minimum atomic E-state index is 0.0244. The number of hydrogen-bond donors (Lipinski definition) is 3. The molecule has 1 aliphatic carbocycles. The van der Waals surface area contributed by atoms with E-state index in [1.54, 1.807) is 0 Å². The van der Waals surface area contributed by atoms with Crippen LogP contribution in [-0.2, 0) is 4.74 Å². The van der Waals surface area contributed by atoms with Crippen molar-refractivity contribution in [2.75, 3.05) is 19.8 Å². The average molecular weight is 397 g/mol. The molecule has 7 heteroatoms. The molecule has 0 aromatic heterocycles. The van der Waals surface area contributed by atoms with Crippen molar-refractivity contribution in [3.63, 3.8) is 0 Å². The van der Waals surface area contributed by atoms with Crippen molar-refractivity contribution < 1.29 is 9.53 Å². The molecule has 2 heterocycles. The summed E-state index contributed by atoms with van der Waals surface area (Å²) in [5.74, 6) is 0. The van der Waals surface area contributed by atoms with Gasteiger partial charge in [-0.3, -0.25) is 0 Å². The Morgan fingerprint density at radius 1 is 1.04 bits per heavy atom. The Bertz CT molecular complexity index is 484. The lowest BCUT2D eigenvalue weighted by Gasteiger charge is -2.41. The summed E-state index contributed by atoms with van der Waals surface area (Å²) in [6, 6.07) is 1.56. The summed E-state index contributed by atoms with van der Waals surface area (Å²) < 4.78 is 5.38. The van der Waals surface area contributed by atoms with Gasteiger partial charge >= 0.3 is 6.03 Å². The summed E-state index contributed by atoms with van der Waals surface area (Å²) in [7, 11) is 0. The van der Waals surface area contributed by atoms with E-state index in [-0.39, 0.29) is 12.1 Å². The number of thiocarbonyl (C=S) groups is 1. The van der Waals surface area contributed by atoms with Gasteiger partial charge in [0, 0.05) is 43.9 Å². The van der Waals surface area contributed by atoms with Crippen LogP contribution in [0, 0.1) is 0 Å². The summed E-state index contributed by atoms with van der Waals surface area (Å²) in [5, 5.41) is 10.7. The summed E-state index contributed by atoms with van der Waals surface area (Å²) in [6.07, 6.45) is 11.3. The number of piperidine rings is 1. The fourth-order valence-electron chi connectivity index (χ4n) is 4.89. The molecule has 2 bridgehead atoms. The molecule has 2 aliphatic heterocycles. The molecule has 3 rings (SSSR count). The van der Waals surface area contributed by atoms with Crippen molar-refractivity contribution in [1.29, 1.82) is 0 Å². The van der Waals surface area contributed by atoms with Gasteiger partial charge in [-0.2, -0.15) is 0 Å². The first kappa shape index (κ1) is 20.6. The van der Waals surface area contributed by atoms with Crippen LogP contribution < -0.4 is 16.0 Å².